The first-order valence-corrected chi connectivity index (χ1v) is 10.9. The van der Waals surface area contributed by atoms with Crippen LogP contribution in [-0.4, -0.2) is 28.8 Å². The number of hydrogen-bond donors (Lipinski definition) is 4. The number of thiophene rings is 1. The Balaban J connectivity index is 1.66. The van der Waals surface area contributed by atoms with Crippen LogP contribution in [0.1, 0.15) is 44.3 Å². The van der Waals surface area contributed by atoms with Crippen LogP contribution in [0.3, 0.4) is 0 Å². The molecule has 0 spiro atoms. The number of carboxylic acids is 1. The monoisotopic (exact) mass is 483 g/mol. The Hall–Kier alpha value is -4.05. The van der Waals surface area contributed by atoms with E-state index < -0.39 is 23.2 Å². The number of nitrogens with one attached hydrogen (secondary N) is 2. The number of amidine groups is 1. The number of nitrogen functional groups attached to an aromatic ring is 1. The molecule has 0 unspecified atom stereocenters. The van der Waals surface area contributed by atoms with Gasteiger partial charge in [0, 0.05) is 21.5 Å². The highest BCUT2D eigenvalue weighted by Crippen LogP contribution is 2.29. The van der Waals surface area contributed by atoms with Gasteiger partial charge < -0.3 is 20.9 Å². The predicted octanol–water partition coefficient (Wildman–Crippen LogP) is 4.30. The minimum atomic E-state index is -1.09. The predicted molar refractivity (Wildman–Crippen MR) is 126 cm³/mol. The molecule has 176 valence electrons. The number of esters is 1. The molecule has 0 fully saturated rings. The smallest absolute Gasteiger partial charge is 0.353 e. The Morgan fingerprint density at radius 3 is 2.50 bits per heavy atom. The van der Waals surface area contributed by atoms with Crippen molar-refractivity contribution in [1.82, 2.24) is 0 Å². The van der Waals surface area contributed by atoms with Gasteiger partial charge in [0.1, 0.15) is 10.7 Å². The number of hydrogen-bond acceptors (Lipinski definition) is 6. The third-order valence-corrected chi connectivity index (χ3v) is 5.97. The molecule has 3 rings (SSSR count). The second-order valence-electron chi connectivity index (χ2n) is 8.12. The van der Waals surface area contributed by atoms with Crippen LogP contribution in [0.25, 0.3) is 0 Å². The van der Waals surface area contributed by atoms with Gasteiger partial charge in [-0.1, -0.05) is 19.9 Å². The maximum Gasteiger partial charge on any atom is 0.353 e. The average molecular weight is 484 g/mol. The Kier molecular flexibility index (Phi) is 7.11. The average Bonchev–Trinajstić information content (AvgIpc) is 3.23. The van der Waals surface area contributed by atoms with E-state index in [1.165, 1.54) is 30.3 Å². The van der Waals surface area contributed by atoms with Crippen LogP contribution < -0.4 is 15.8 Å². The lowest BCUT2D eigenvalue weighted by molar-refractivity contribution is -0.123. The van der Waals surface area contributed by atoms with Crippen molar-refractivity contribution in [2.24, 2.45) is 11.1 Å². The summed E-state index contributed by atoms with van der Waals surface area (Å²) in [4.78, 5) is 37.4. The lowest BCUT2D eigenvalue weighted by Crippen LogP contribution is -2.32. The maximum atomic E-state index is 14.1. The van der Waals surface area contributed by atoms with Gasteiger partial charge in [-0.05, 0) is 55.0 Å². The van der Waals surface area contributed by atoms with Crippen LogP contribution in [0.5, 0.6) is 5.75 Å². The normalized spacial score (nSPS) is 11.0. The number of benzene rings is 2. The van der Waals surface area contributed by atoms with Crippen molar-refractivity contribution >= 4 is 40.7 Å². The summed E-state index contributed by atoms with van der Waals surface area (Å²) in [5.41, 5.74) is 5.04. The summed E-state index contributed by atoms with van der Waals surface area (Å²) in [6, 6.07) is 12.8. The first-order valence-electron chi connectivity index (χ1n) is 10.1. The maximum absolute atomic E-state index is 14.1. The Morgan fingerprint density at radius 2 is 1.85 bits per heavy atom. The van der Waals surface area contributed by atoms with E-state index >= 15 is 0 Å². The molecule has 3 aromatic rings. The Morgan fingerprint density at radius 1 is 1.12 bits per heavy atom. The molecule has 2 aromatic carbocycles. The first-order chi connectivity index (χ1) is 16.0. The van der Waals surface area contributed by atoms with Crippen molar-refractivity contribution in [1.29, 1.82) is 5.41 Å². The SMILES string of the molecule is CC(C)(Cc1ccc(C(=O)Oc2ccc(C(=N)N)cc2F)s1)C(=O)Nc1cccc(C(=O)O)c1. The number of nitrogens with two attached hydrogens (primary N) is 1. The van der Waals surface area contributed by atoms with E-state index in [0.29, 0.717) is 12.1 Å². The van der Waals surface area contributed by atoms with Gasteiger partial charge in [-0.2, -0.15) is 0 Å². The molecule has 10 heteroatoms. The van der Waals surface area contributed by atoms with Crippen molar-refractivity contribution in [3.63, 3.8) is 0 Å². The van der Waals surface area contributed by atoms with Crippen LogP contribution >= 0.6 is 11.3 Å². The molecule has 0 bridgehead atoms. The van der Waals surface area contributed by atoms with Gasteiger partial charge in [-0.3, -0.25) is 10.2 Å². The second-order valence-corrected chi connectivity index (χ2v) is 9.28. The highest BCUT2D eigenvalue weighted by Gasteiger charge is 2.29. The summed E-state index contributed by atoms with van der Waals surface area (Å²) in [6.45, 7) is 3.46. The second kappa shape index (κ2) is 9.84. The largest absolute Gasteiger partial charge is 0.478 e. The number of carbonyl (C=O) groups is 3. The van der Waals surface area contributed by atoms with Crippen molar-refractivity contribution < 1.29 is 28.6 Å². The van der Waals surface area contributed by atoms with E-state index in [1.54, 1.807) is 32.0 Å². The van der Waals surface area contributed by atoms with E-state index in [-0.39, 0.29) is 33.5 Å². The fourth-order valence-electron chi connectivity index (χ4n) is 3.03. The highest BCUT2D eigenvalue weighted by molar-refractivity contribution is 7.14. The van der Waals surface area contributed by atoms with Crippen LogP contribution in [0, 0.1) is 16.6 Å². The molecule has 1 heterocycles. The summed E-state index contributed by atoms with van der Waals surface area (Å²) < 4.78 is 19.3. The number of amides is 1. The lowest BCUT2D eigenvalue weighted by Gasteiger charge is -2.23. The number of carbonyl (C=O) groups excluding carboxylic acids is 2. The van der Waals surface area contributed by atoms with E-state index in [0.717, 1.165) is 22.3 Å². The molecular weight excluding hydrogens is 461 g/mol. The topological polar surface area (TPSA) is 143 Å². The van der Waals surface area contributed by atoms with E-state index in [9.17, 15) is 18.8 Å². The molecular formula is C24H22FN3O5S. The summed E-state index contributed by atoms with van der Waals surface area (Å²) >= 11 is 1.12. The van der Waals surface area contributed by atoms with Crippen molar-refractivity contribution in [2.75, 3.05) is 5.32 Å². The molecule has 5 N–H and O–H groups in total. The van der Waals surface area contributed by atoms with Gasteiger partial charge in [0.05, 0.1) is 5.56 Å². The molecule has 0 aliphatic carbocycles. The van der Waals surface area contributed by atoms with Crippen molar-refractivity contribution in [3.8, 4) is 5.75 Å². The lowest BCUT2D eigenvalue weighted by atomic mass is 9.87. The molecule has 1 amide bonds. The fourth-order valence-corrected chi connectivity index (χ4v) is 4.14. The summed E-state index contributed by atoms with van der Waals surface area (Å²) in [5.74, 6) is -3.57. The van der Waals surface area contributed by atoms with Crippen molar-refractivity contribution in [2.45, 2.75) is 20.3 Å². The van der Waals surface area contributed by atoms with Crippen LogP contribution in [0.4, 0.5) is 10.1 Å². The Bertz CT molecular complexity index is 1290. The molecule has 0 saturated carbocycles. The molecule has 1 aromatic heterocycles. The van der Waals surface area contributed by atoms with Crippen molar-refractivity contribution in [3.05, 3.63) is 81.3 Å². The molecule has 0 radical (unpaired) electrons. The van der Waals surface area contributed by atoms with Gasteiger partial charge in [-0.25, -0.2) is 14.0 Å². The van der Waals surface area contributed by atoms with Gasteiger partial charge in [0.25, 0.3) is 0 Å². The third-order valence-electron chi connectivity index (χ3n) is 4.91. The number of ether oxygens (including phenoxy) is 1. The molecule has 0 atom stereocenters. The minimum absolute atomic E-state index is 0.0596. The zero-order valence-corrected chi connectivity index (χ0v) is 19.2. The van der Waals surface area contributed by atoms with Gasteiger partial charge >= 0.3 is 11.9 Å². The number of rotatable bonds is 8. The fraction of sp³-hybridized carbons (Fsp3) is 0.167. The zero-order chi connectivity index (χ0) is 25.0. The summed E-state index contributed by atoms with van der Waals surface area (Å²) in [7, 11) is 0. The van der Waals surface area contributed by atoms with Gasteiger partial charge in [-0.15, -0.1) is 11.3 Å². The first kappa shape index (κ1) is 24.6. The molecule has 34 heavy (non-hydrogen) atoms. The van der Waals surface area contributed by atoms with E-state index in [4.69, 9.17) is 21.0 Å². The number of halogens is 1. The summed E-state index contributed by atoms with van der Waals surface area (Å²) in [5, 5.41) is 19.2. The van der Waals surface area contributed by atoms with E-state index in [2.05, 4.69) is 5.32 Å². The number of aromatic carboxylic acids is 1. The Labute approximate surface area is 198 Å². The standard InChI is InChI=1S/C24H22FN3O5S/c1-24(2,23(32)28-15-5-3-4-14(10-15)21(29)30)12-16-7-9-19(34-16)22(31)33-18-8-6-13(20(26)27)11-17(18)25/h3-11H,12H2,1-2H3,(H3,26,27)(H,28,32)(H,29,30). The third kappa shape index (κ3) is 5.84. The molecule has 0 aliphatic heterocycles. The van der Waals surface area contributed by atoms with Crippen LogP contribution in [0.15, 0.2) is 54.6 Å². The number of carboxylic acid groups (broad SMARTS) is 1. The molecule has 0 aliphatic rings. The van der Waals surface area contributed by atoms with Crippen LogP contribution in [0.2, 0.25) is 0 Å². The molecule has 0 saturated heterocycles. The van der Waals surface area contributed by atoms with E-state index in [1.807, 2.05) is 0 Å². The molecule has 8 nitrogen and oxygen atoms in total. The zero-order valence-electron chi connectivity index (χ0n) is 18.3. The summed E-state index contributed by atoms with van der Waals surface area (Å²) in [6.07, 6.45) is 0.303. The van der Waals surface area contributed by atoms with Gasteiger partial charge in [0.2, 0.25) is 5.91 Å². The quantitative estimate of drug-likeness (QED) is 0.163. The van der Waals surface area contributed by atoms with Crippen LogP contribution in [-0.2, 0) is 11.2 Å². The van der Waals surface area contributed by atoms with Gasteiger partial charge in [0.15, 0.2) is 11.6 Å². The minimum Gasteiger partial charge on any atom is -0.478 e. The number of anilines is 1. The highest BCUT2D eigenvalue weighted by atomic mass is 32.1.